The van der Waals surface area contributed by atoms with Gasteiger partial charge in [0.15, 0.2) is 6.61 Å². The van der Waals surface area contributed by atoms with Crippen LogP contribution >= 0.6 is 11.3 Å². The smallest absolute Gasteiger partial charge is 0.262 e. The molecule has 7 heteroatoms. The second-order valence-corrected chi connectivity index (χ2v) is 7.53. The molecule has 0 atom stereocenters. The van der Waals surface area contributed by atoms with Gasteiger partial charge in [-0.3, -0.25) is 4.79 Å². The molecular formula is C22H18FN3O2S. The second kappa shape index (κ2) is 7.97. The van der Waals surface area contributed by atoms with Gasteiger partial charge in [0.2, 0.25) is 5.88 Å². The van der Waals surface area contributed by atoms with Crippen LogP contribution in [0.2, 0.25) is 0 Å². The van der Waals surface area contributed by atoms with Crippen molar-refractivity contribution in [1.29, 1.82) is 0 Å². The molecule has 0 aliphatic carbocycles. The summed E-state index contributed by atoms with van der Waals surface area (Å²) < 4.78 is 19.0. The number of benzene rings is 2. The zero-order chi connectivity index (χ0) is 20.4. The van der Waals surface area contributed by atoms with Crippen LogP contribution in [0.3, 0.4) is 0 Å². The van der Waals surface area contributed by atoms with Crippen LogP contribution < -0.4 is 10.1 Å². The average Bonchev–Trinajstić information content (AvgIpc) is 3.14. The summed E-state index contributed by atoms with van der Waals surface area (Å²) in [5.74, 6) is -0.252. The number of nitrogens with zero attached hydrogens (tertiary/aromatic N) is 2. The molecule has 146 valence electrons. The van der Waals surface area contributed by atoms with E-state index in [1.54, 1.807) is 12.1 Å². The summed E-state index contributed by atoms with van der Waals surface area (Å²) in [6, 6.07) is 12.0. The first-order chi connectivity index (χ1) is 14.0. The molecule has 5 nitrogen and oxygen atoms in total. The molecule has 2 heterocycles. The van der Waals surface area contributed by atoms with Crippen LogP contribution in [0.15, 0.2) is 54.2 Å². The Labute approximate surface area is 171 Å². The lowest BCUT2D eigenvalue weighted by Crippen LogP contribution is -2.21. The topological polar surface area (TPSA) is 64.1 Å². The van der Waals surface area contributed by atoms with Gasteiger partial charge >= 0.3 is 0 Å². The Bertz CT molecular complexity index is 1190. The highest BCUT2D eigenvalue weighted by molar-refractivity contribution is 7.17. The number of rotatable bonds is 5. The zero-order valence-electron chi connectivity index (χ0n) is 15.9. The molecule has 0 fully saturated rings. The van der Waals surface area contributed by atoms with E-state index in [9.17, 15) is 9.18 Å². The van der Waals surface area contributed by atoms with Crippen molar-refractivity contribution in [1.82, 2.24) is 9.97 Å². The maximum absolute atomic E-state index is 13.3. The number of thiophene rings is 1. The highest BCUT2D eigenvalue weighted by Gasteiger charge is 2.15. The Kier molecular flexibility index (Phi) is 5.22. The van der Waals surface area contributed by atoms with Crippen molar-refractivity contribution >= 4 is 33.1 Å². The highest BCUT2D eigenvalue weighted by atomic mass is 32.1. The van der Waals surface area contributed by atoms with Crippen LogP contribution in [0.5, 0.6) is 5.88 Å². The predicted octanol–water partition coefficient (Wildman–Crippen LogP) is 5.13. The van der Waals surface area contributed by atoms with Crippen molar-refractivity contribution < 1.29 is 13.9 Å². The fourth-order valence-corrected chi connectivity index (χ4v) is 3.98. The maximum Gasteiger partial charge on any atom is 0.262 e. The predicted molar refractivity (Wildman–Crippen MR) is 113 cm³/mol. The largest absolute Gasteiger partial charge is 0.467 e. The van der Waals surface area contributed by atoms with E-state index >= 15 is 0 Å². The van der Waals surface area contributed by atoms with E-state index in [1.807, 2.05) is 37.4 Å². The Morgan fingerprint density at radius 1 is 1.14 bits per heavy atom. The first-order valence-corrected chi connectivity index (χ1v) is 9.87. The minimum atomic E-state index is -0.302. The summed E-state index contributed by atoms with van der Waals surface area (Å²) in [7, 11) is 0. The third-order valence-electron chi connectivity index (χ3n) is 4.49. The highest BCUT2D eigenvalue weighted by Crippen LogP contribution is 2.37. The molecule has 0 saturated carbocycles. The van der Waals surface area contributed by atoms with Crippen molar-refractivity contribution in [2.45, 2.75) is 13.8 Å². The Morgan fingerprint density at radius 2 is 1.93 bits per heavy atom. The first-order valence-electron chi connectivity index (χ1n) is 8.99. The number of nitrogens with one attached hydrogen (secondary N) is 1. The molecule has 29 heavy (non-hydrogen) atoms. The van der Waals surface area contributed by atoms with Gasteiger partial charge in [-0.05, 0) is 43.2 Å². The number of hydrogen-bond donors (Lipinski definition) is 1. The van der Waals surface area contributed by atoms with E-state index in [1.165, 1.54) is 29.8 Å². The molecular weight excluding hydrogens is 389 g/mol. The molecule has 0 saturated heterocycles. The SMILES string of the molecule is Cc1ccc(NC(=O)COc2ncnc3scc(-c4ccc(F)cc4)c23)c(C)c1. The molecule has 0 unspecified atom stereocenters. The van der Waals surface area contributed by atoms with E-state index in [0.29, 0.717) is 11.3 Å². The molecule has 2 aromatic carbocycles. The van der Waals surface area contributed by atoms with Gasteiger partial charge in [0.05, 0.1) is 5.39 Å². The monoisotopic (exact) mass is 407 g/mol. The van der Waals surface area contributed by atoms with Gasteiger partial charge < -0.3 is 10.1 Å². The van der Waals surface area contributed by atoms with Gasteiger partial charge in [0, 0.05) is 16.6 Å². The van der Waals surface area contributed by atoms with Gasteiger partial charge in [-0.2, -0.15) is 0 Å². The normalized spacial score (nSPS) is 10.9. The van der Waals surface area contributed by atoms with Crippen molar-refractivity contribution in [2.75, 3.05) is 11.9 Å². The minimum Gasteiger partial charge on any atom is -0.467 e. The fourth-order valence-electron chi connectivity index (χ4n) is 3.07. The van der Waals surface area contributed by atoms with Crippen LogP contribution in [-0.2, 0) is 4.79 Å². The molecule has 0 aliphatic heterocycles. The van der Waals surface area contributed by atoms with E-state index in [4.69, 9.17) is 4.74 Å². The Balaban J connectivity index is 1.55. The van der Waals surface area contributed by atoms with Crippen molar-refractivity contribution in [2.24, 2.45) is 0 Å². The van der Waals surface area contributed by atoms with Crippen molar-refractivity contribution in [3.8, 4) is 17.0 Å². The standard InChI is InChI=1S/C22H18FN3O2S/c1-13-3-8-18(14(2)9-13)26-19(27)10-28-21-20-17(11-29-22(20)25-12-24-21)15-4-6-16(23)7-5-15/h3-9,11-12H,10H2,1-2H3,(H,26,27). The van der Waals surface area contributed by atoms with E-state index < -0.39 is 0 Å². The van der Waals surface area contributed by atoms with E-state index in [0.717, 1.165) is 32.8 Å². The number of halogens is 1. The van der Waals surface area contributed by atoms with Crippen molar-refractivity contribution in [3.63, 3.8) is 0 Å². The molecule has 0 aliphatic rings. The number of amides is 1. The number of carbonyl (C=O) groups is 1. The maximum atomic E-state index is 13.3. The van der Waals surface area contributed by atoms with Crippen LogP contribution in [-0.4, -0.2) is 22.5 Å². The van der Waals surface area contributed by atoms with Gasteiger partial charge in [-0.1, -0.05) is 29.8 Å². The number of aryl methyl sites for hydroxylation is 2. The summed E-state index contributed by atoms with van der Waals surface area (Å²) in [5, 5.41) is 5.49. The van der Waals surface area contributed by atoms with Crippen LogP contribution in [0.4, 0.5) is 10.1 Å². The quantitative estimate of drug-likeness (QED) is 0.498. The van der Waals surface area contributed by atoms with Crippen LogP contribution in [0.25, 0.3) is 21.3 Å². The number of anilines is 1. The lowest BCUT2D eigenvalue weighted by Gasteiger charge is -2.11. The average molecular weight is 407 g/mol. The molecule has 1 N–H and O–H groups in total. The molecule has 0 spiro atoms. The zero-order valence-corrected chi connectivity index (χ0v) is 16.7. The molecule has 0 radical (unpaired) electrons. The lowest BCUT2D eigenvalue weighted by atomic mass is 10.1. The summed E-state index contributed by atoms with van der Waals surface area (Å²) in [4.78, 5) is 21.6. The third-order valence-corrected chi connectivity index (χ3v) is 5.37. The van der Waals surface area contributed by atoms with E-state index in [-0.39, 0.29) is 18.3 Å². The molecule has 4 rings (SSSR count). The molecule has 4 aromatic rings. The van der Waals surface area contributed by atoms with Crippen LogP contribution in [0, 0.1) is 19.7 Å². The number of aromatic nitrogens is 2. The summed E-state index contributed by atoms with van der Waals surface area (Å²) >= 11 is 1.44. The lowest BCUT2D eigenvalue weighted by molar-refractivity contribution is -0.118. The number of ether oxygens (including phenoxy) is 1. The van der Waals surface area contributed by atoms with Gasteiger partial charge in [0.25, 0.3) is 5.91 Å². The molecule has 1 amide bonds. The number of carbonyl (C=O) groups excluding carboxylic acids is 1. The first kappa shape index (κ1) is 19.0. The van der Waals surface area contributed by atoms with Gasteiger partial charge in [-0.25, -0.2) is 14.4 Å². The van der Waals surface area contributed by atoms with Crippen molar-refractivity contribution in [3.05, 3.63) is 71.1 Å². The number of hydrogen-bond acceptors (Lipinski definition) is 5. The summed E-state index contributed by atoms with van der Waals surface area (Å²) in [6.45, 7) is 3.76. The third kappa shape index (κ3) is 4.09. The van der Waals surface area contributed by atoms with E-state index in [2.05, 4.69) is 15.3 Å². The van der Waals surface area contributed by atoms with Gasteiger partial charge in [0.1, 0.15) is 17.0 Å². The fraction of sp³-hybridized carbons (Fsp3) is 0.136. The minimum absolute atomic E-state index is 0.182. The molecule has 0 bridgehead atoms. The summed E-state index contributed by atoms with van der Waals surface area (Å²) in [5.41, 5.74) is 4.54. The van der Waals surface area contributed by atoms with Crippen LogP contribution in [0.1, 0.15) is 11.1 Å². The second-order valence-electron chi connectivity index (χ2n) is 6.67. The Hall–Kier alpha value is -3.32. The Morgan fingerprint density at radius 3 is 2.69 bits per heavy atom. The van der Waals surface area contributed by atoms with Gasteiger partial charge in [-0.15, -0.1) is 11.3 Å². The molecule has 2 aromatic heterocycles. The number of fused-ring (bicyclic) bond motifs is 1. The summed E-state index contributed by atoms with van der Waals surface area (Å²) in [6.07, 6.45) is 1.41.